The van der Waals surface area contributed by atoms with Crippen LogP contribution >= 0.6 is 0 Å². The first-order valence-electron chi connectivity index (χ1n) is 10.2. The summed E-state index contributed by atoms with van der Waals surface area (Å²) in [5.41, 5.74) is 1.29. The number of Topliss-reactive ketones (excluding diaryl/α,β-unsaturated/α-hetero) is 1. The van der Waals surface area contributed by atoms with Gasteiger partial charge in [0.2, 0.25) is 5.78 Å². The average Bonchev–Trinajstić information content (AvgIpc) is 3.03. The summed E-state index contributed by atoms with van der Waals surface area (Å²) in [6.07, 6.45) is 3.06. The van der Waals surface area contributed by atoms with Crippen LogP contribution in [0.4, 0.5) is 0 Å². The van der Waals surface area contributed by atoms with E-state index in [1.165, 1.54) is 0 Å². The summed E-state index contributed by atoms with van der Waals surface area (Å²) in [5.74, 6) is 2.04. The maximum absolute atomic E-state index is 13.0. The van der Waals surface area contributed by atoms with Gasteiger partial charge in [0, 0.05) is 11.6 Å². The molecule has 5 heteroatoms. The molecule has 1 N–H and O–H groups in total. The molecule has 0 unspecified atom stereocenters. The summed E-state index contributed by atoms with van der Waals surface area (Å²) in [7, 11) is 0. The standard InChI is InChI=1S/C26H22O5/c1-26(2)12-11-19-20(31-26)15-21-23(24(19)27)25(28)22(30-21)14-16-7-6-10-18(13-16)29-17-8-4-3-5-9-17/h3-10,13-15,27H,11-12H2,1-2H3/b22-14-. The van der Waals surface area contributed by atoms with Crippen molar-refractivity contribution in [2.45, 2.75) is 32.3 Å². The van der Waals surface area contributed by atoms with Gasteiger partial charge in [-0.1, -0.05) is 30.3 Å². The molecule has 3 aromatic rings. The van der Waals surface area contributed by atoms with Crippen LogP contribution in [0.25, 0.3) is 6.08 Å². The van der Waals surface area contributed by atoms with Crippen LogP contribution in [0.15, 0.2) is 66.4 Å². The van der Waals surface area contributed by atoms with E-state index in [0.29, 0.717) is 29.2 Å². The number of carbonyl (C=O) groups excluding carboxylic acids is 1. The fraction of sp³-hybridized carbons (Fsp3) is 0.192. The first-order chi connectivity index (χ1) is 14.9. The molecule has 2 aliphatic rings. The molecular weight excluding hydrogens is 392 g/mol. The van der Waals surface area contributed by atoms with Gasteiger partial charge in [0.1, 0.15) is 39.9 Å². The minimum absolute atomic E-state index is 0.0439. The van der Waals surface area contributed by atoms with Gasteiger partial charge in [-0.3, -0.25) is 4.79 Å². The quantitative estimate of drug-likeness (QED) is 0.540. The fourth-order valence-electron chi connectivity index (χ4n) is 3.90. The molecule has 2 aliphatic heterocycles. The Morgan fingerprint density at radius 2 is 1.77 bits per heavy atom. The minimum atomic E-state index is -0.338. The molecule has 0 fully saturated rings. The van der Waals surface area contributed by atoms with Crippen LogP contribution in [0.2, 0.25) is 0 Å². The van der Waals surface area contributed by atoms with E-state index in [9.17, 15) is 9.90 Å². The monoisotopic (exact) mass is 414 g/mol. The van der Waals surface area contributed by atoms with Gasteiger partial charge in [0.15, 0.2) is 5.76 Å². The number of fused-ring (bicyclic) bond motifs is 2. The van der Waals surface area contributed by atoms with Crippen molar-refractivity contribution in [2.24, 2.45) is 0 Å². The molecule has 0 aliphatic carbocycles. The number of aromatic hydroxyl groups is 1. The van der Waals surface area contributed by atoms with Crippen LogP contribution < -0.4 is 14.2 Å². The number of ether oxygens (including phenoxy) is 3. The molecule has 3 aromatic carbocycles. The van der Waals surface area contributed by atoms with Crippen molar-refractivity contribution in [3.05, 3.63) is 83.1 Å². The van der Waals surface area contributed by atoms with E-state index in [1.54, 1.807) is 12.1 Å². The van der Waals surface area contributed by atoms with Crippen molar-refractivity contribution in [3.8, 4) is 28.7 Å². The molecule has 156 valence electrons. The number of ketones is 1. The number of hydrogen-bond acceptors (Lipinski definition) is 5. The number of allylic oxidation sites excluding steroid dienone is 1. The third-order valence-corrected chi connectivity index (χ3v) is 5.50. The molecule has 0 bridgehead atoms. The van der Waals surface area contributed by atoms with Gasteiger partial charge in [-0.2, -0.15) is 0 Å². The zero-order valence-corrected chi connectivity index (χ0v) is 17.3. The summed E-state index contributed by atoms with van der Waals surface area (Å²) in [6, 6.07) is 18.6. The van der Waals surface area contributed by atoms with Gasteiger partial charge >= 0.3 is 0 Å². The number of carbonyl (C=O) groups is 1. The molecule has 0 amide bonds. The van der Waals surface area contributed by atoms with Crippen molar-refractivity contribution in [1.29, 1.82) is 0 Å². The molecule has 0 atom stereocenters. The SMILES string of the molecule is CC1(C)CCc2c(cc3c(c2O)C(=O)/C(=C/c2cccc(Oc4ccccc4)c2)O3)O1. The van der Waals surface area contributed by atoms with E-state index < -0.39 is 0 Å². The Morgan fingerprint density at radius 3 is 2.58 bits per heavy atom. The van der Waals surface area contributed by atoms with Gasteiger partial charge in [-0.05, 0) is 62.6 Å². The summed E-state index contributed by atoms with van der Waals surface area (Å²) in [5, 5.41) is 10.8. The maximum atomic E-state index is 13.0. The van der Waals surface area contributed by atoms with E-state index in [4.69, 9.17) is 14.2 Å². The largest absolute Gasteiger partial charge is 0.507 e. The van der Waals surface area contributed by atoms with Crippen LogP contribution in [0.3, 0.4) is 0 Å². The van der Waals surface area contributed by atoms with Crippen LogP contribution in [0.1, 0.15) is 41.8 Å². The van der Waals surface area contributed by atoms with Crippen LogP contribution in [0.5, 0.6) is 28.7 Å². The van der Waals surface area contributed by atoms with Gasteiger partial charge in [-0.15, -0.1) is 0 Å². The van der Waals surface area contributed by atoms with Gasteiger partial charge < -0.3 is 19.3 Å². The molecule has 0 spiro atoms. The highest BCUT2D eigenvalue weighted by molar-refractivity contribution is 6.16. The first-order valence-corrected chi connectivity index (χ1v) is 10.2. The maximum Gasteiger partial charge on any atom is 0.235 e. The van der Waals surface area contributed by atoms with Crippen molar-refractivity contribution < 1.29 is 24.1 Å². The van der Waals surface area contributed by atoms with E-state index in [0.717, 1.165) is 17.7 Å². The Balaban J connectivity index is 1.45. The van der Waals surface area contributed by atoms with Crippen LogP contribution in [-0.2, 0) is 6.42 Å². The van der Waals surface area contributed by atoms with Crippen molar-refractivity contribution in [3.63, 3.8) is 0 Å². The topological polar surface area (TPSA) is 65.0 Å². The molecule has 2 heterocycles. The normalized spacial score (nSPS) is 17.5. The third-order valence-electron chi connectivity index (χ3n) is 5.50. The summed E-state index contributed by atoms with van der Waals surface area (Å²) < 4.78 is 17.7. The predicted molar refractivity (Wildman–Crippen MR) is 117 cm³/mol. The molecule has 5 rings (SSSR count). The highest BCUT2D eigenvalue weighted by Gasteiger charge is 2.37. The summed E-state index contributed by atoms with van der Waals surface area (Å²) in [6.45, 7) is 4.00. The first kappa shape index (κ1) is 19.2. The second-order valence-electron chi connectivity index (χ2n) is 8.36. The number of phenols is 1. The number of para-hydroxylation sites is 1. The van der Waals surface area contributed by atoms with Gasteiger partial charge in [-0.25, -0.2) is 0 Å². The Kier molecular flexibility index (Phi) is 4.47. The van der Waals surface area contributed by atoms with Crippen molar-refractivity contribution in [2.75, 3.05) is 0 Å². The number of hydrogen-bond donors (Lipinski definition) is 1. The Labute approximate surface area is 180 Å². The Bertz CT molecular complexity index is 1210. The predicted octanol–water partition coefficient (Wildman–Crippen LogP) is 5.90. The molecule has 0 saturated carbocycles. The third kappa shape index (κ3) is 3.63. The zero-order valence-electron chi connectivity index (χ0n) is 17.3. The number of benzene rings is 3. The van der Waals surface area contributed by atoms with E-state index in [-0.39, 0.29) is 28.5 Å². The molecule has 5 nitrogen and oxygen atoms in total. The molecule has 0 aromatic heterocycles. The molecule has 0 radical (unpaired) electrons. The van der Waals surface area contributed by atoms with Crippen LogP contribution in [0, 0.1) is 0 Å². The summed E-state index contributed by atoms with van der Waals surface area (Å²) >= 11 is 0. The van der Waals surface area contributed by atoms with E-state index >= 15 is 0 Å². The average molecular weight is 414 g/mol. The lowest BCUT2D eigenvalue weighted by molar-refractivity contribution is 0.0834. The molecule has 0 saturated heterocycles. The van der Waals surface area contributed by atoms with Crippen molar-refractivity contribution >= 4 is 11.9 Å². The molecular formula is C26H22O5. The second kappa shape index (κ2) is 7.20. The highest BCUT2D eigenvalue weighted by atomic mass is 16.5. The Hall–Kier alpha value is -3.73. The highest BCUT2D eigenvalue weighted by Crippen LogP contribution is 2.48. The van der Waals surface area contributed by atoms with Gasteiger partial charge in [0.05, 0.1) is 0 Å². The zero-order chi connectivity index (χ0) is 21.6. The van der Waals surface area contributed by atoms with E-state index in [2.05, 4.69) is 0 Å². The number of phenolic OH excluding ortho intramolecular Hbond substituents is 1. The lowest BCUT2D eigenvalue weighted by Gasteiger charge is -2.33. The summed E-state index contributed by atoms with van der Waals surface area (Å²) in [4.78, 5) is 13.0. The van der Waals surface area contributed by atoms with Crippen LogP contribution in [-0.4, -0.2) is 16.5 Å². The minimum Gasteiger partial charge on any atom is -0.507 e. The molecule has 31 heavy (non-hydrogen) atoms. The Morgan fingerprint density at radius 1 is 1.00 bits per heavy atom. The number of rotatable bonds is 3. The fourth-order valence-corrected chi connectivity index (χ4v) is 3.90. The smallest absolute Gasteiger partial charge is 0.235 e. The van der Waals surface area contributed by atoms with Gasteiger partial charge in [0.25, 0.3) is 0 Å². The second-order valence-corrected chi connectivity index (χ2v) is 8.36. The van der Waals surface area contributed by atoms with E-state index in [1.807, 2.05) is 68.4 Å². The lowest BCUT2D eigenvalue weighted by Crippen LogP contribution is -2.32. The lowest BCUT2D eigenvalue weighted by atomic mass is 9.91. The van der Waals surface area contributed by atoms with Crippen molar-refractivity contribution in [1.82, 2.24) is 0 Å².